The number of rotatable bonds is 1. The topological polar surface area (TPSA) is 38.0 Å². The van der Waals surface area contributed by atoms with Gasteiger partial charge < -0.3 is 11.1 Å². The van der Waals surface area contributed by atoms with Crippen molar-refractivity contribution < 1.29 is 0 Å². The lowest BCUT2D eigenvalue weighted by molar-refractivity contribution is 0.547. The zero-order valence-electron chi connectivity index (χ0n) is 7.09. The van der Waals surface area contributed by atoms with Crippen molar-refractivity contribution in [2.45, 2.75) is 12.5 Å². The molecule has 2 rings (SSSR count). The molecule has 1 aliphatic heterocycles. The Hall–Kier alpha value is -0.860. The quantitative estimate of drug-likeness (QED) is 0.642. The Labute approximate surface area is 72.8 Å². The second-order valence-corrected chi connectivity index (χ2v) is 3.26. The number of fused-ring (bicyclic) bond motifs is 1. The van der Waals surface area contributed by atoms with E-state index in [4.69, 9.17) is 5.73 Å². The SMILES string of the molecule is NCC1CNCc2ccccc21. The summed E-state index contributed by atoms with van der Waals surface area (Å²) in [7, 11) is 0. The van der Waals surface area contributed by atoms with Gasteiger partial charge in [0.1, 0.15) is 0 Å². The largest absolute Gasteiger partial charge is 0.330 e. The highest BCUT2D eigenvalue weighted by Crippen LogP contribution is 2.22. The first-order chi connectivity index (χ1) is 5.92. The van der Waals surface area contributed by atoms with E-state index < -0.39 is 0 Å². The molecule has 1 aliphatic rings. The van der Waals surface area contributed by atoms with Crippen LogP contribution in [0.25, 0.3) is 0 Å². The maximum atomic E-state index is 5.68. The van der Waals surface area contributed by atoms with E-state index in [-0.39, 0.29) is 0 Å². The van der Waals surface area contributed by atoms with E-state index in [1.807, 2.05) is 0 Å². The predicted molar refractivity (Wildman–Crippen MR) is 49.9 cm³/mol. The molecule has 1 atom stereocenters. The summed E-state index contributed by atoms with van der Waals surface area (Å²) in [6, 6.07) is 8.53. The molecule has 1 unspecified atom stereocenters. The fourth-order valence-corrected chi connectivity index (χ4v) is 1.79. The van der Waals surface area contributed by atoms with Crippen LogP contribution in [0, 0.1) is 0 Å². The highest BCUT2D eigenvalue weighted by Gasteiger charge is 2.16. The zero-order valence-corrected chi connectivity index (χ0v) is 7.09. The van der Waals surface area contributed by atoms with Crippen LogP contribution in [0.2, 0.25) is 0 Å². The standard InChI is InChI=1S/C10H14N2/c11-5-9-7-12-6-8-3-1-2-4-10(8)9/h1-4,9,12H,5-7,11H2. The van der Waals surface area contributed by atoms with Crippen LogP contribution in [0.15, 0.2) is 24.3 Å². The van der Waals surface area contributed by atoms with Crippen LogP contribution in [-0.4, -0.2) is 13.1 Å². The monoisotopic (exact) mass is 162 g/mol. The summed E-state index contributed by atoms with van der Waals surface area (Å²) in [6.07, 6.45) is 0. The maximum Gasteiger partial charge on any atom is 0.0208 e. The lowest BCUT2D eigenvalue weighted by Gasteiger charge is -2.24. The lowest BCUT2D eigenvalue weighted by Crippen LogP contribution is -2.32. The molecule has 64 valence electrons. The average Bonchev–Trinajstić information content (AvgIpc) is 2.17. The molecule has 0 amide bonds. The van der Waals surface area contributed by atoms with Gasteiger partial charge in [-0.3, -0.25) is 0 Å². The highest BCUT2D eigenvalue weighted by molar-refractivity contribution is 5.32. The summed E-state index contributed by atoms with van der Waals surface area (Å²) in [6.45, 7) is 2.75. The number of nitrogens with two attached hydrogens (primary N) is 1. The van der Waals surface area contributed by atoms with E-state index in [1.54, 1.807) is 0 Å². The molecule has 12 heavy (non-hydrogen) atoms. The Morgan fingerprint density at radius 1 is 1.42 bits per heavy atom. The van der Waals surface area contributed by atoms with E-state index >= 15 is 0 Å². The fraction of sp³-hybridized carbons (Fsp3) is 0.400. The summed E-state index contributed by atoms with van der Waals surface area (Å²) in [5.74, 6) is 0.509. The summed E-state index contributed by atoms with van der Waals surface area (Å²) in [5.41, 5.74) is 8.51. The van der Waals surface area contributed by atoms with Crippen molar-refractivity contribution in [3.63, 3.8) is 0 Å². The van der Waals surface area contributed by atoms with Crippen molar-refractivity contribution >= 4 is 0 Å². The number of hydrogen-bond donors (Lipinski definition) is 2. The van der Waals surface area contributed by atoms with Gasteiger partial charge in [0.25, 0.3) is 0 Å². The minimum atomic E-state index is 0.509. The Bertz CT molecular complexity index is 270. The molecule has 0 bridgehead atoms. The second kappa shape index (κ2) is 3.25. The summed E-state index contributed by atoms with van der Waals surface area (Å²) in [5, 5.41) is 3.36. The van der Waals surface area contributed by atoms with Crippen molar-refractivity contribution in [3.8, 4) is 0 Å². The first kappa shape index (κ1) is 7.77. The third-order valence-electron chi connectivity index (χ3n) is 2.49. The molecular weight excluding hydrogens is 148 g/mol. The number of benzene rings is 1. The molecule has 0 aliphatic carbocycles. The second-order valence-electron chi connectivity index (χ2n) is 3.26. The molecule has 1 heterocycles. The van der Waals surface area contributed by atoms with Gasteiger partial charge in [0.05, 0.1) is 0 Å². The van der Waals surface area contributed by atoms with Crippen molar-refractivity contribution in [1.82, 2.24) is 5.32 Å². The van der Waals surface area contributed by atoms with E-state index in [0.29, 0.717) is 5.92 Å². The summed E-state index contributed by atoms with van der Waals surface area (Å²) in [4.78, 5) is 0. The van der Waals surface area contributed by atoms with Crippen molar-refractivity contribution in [2.24, 2.45) is 5.73 Å². The minimum Gasteiger partial charge on any atom is -0.330 e. The van der Waals surface area contributed by atoms with Crippen LogP contribution in [0.4, 0.5) is 0 Å². The Kier molecular flexibility index (Phi) is 2.11. The summed E-state index contributed by atoms with van der Waals surface area (Å²) < 4.78 is 0. The number of nitrogens with one attached hydrogen (secondary N) is 1. The third-order valence-corrected chi connectivity index (χ3v) is 2.49. The Balaban J connectivity index is 2.37. The van der Waals surface area contributed by atoms with Gasteiger partial charge in [-0.2, -0.15) is 0 Å². The Morgan fingerprint density at radius 2 is 2.25 bits per heavy atom. The van der Waals surface area contributed by atoms with Crippen LogP contribution in [0.1, 0.15) is 17.0 Å². The zero-order chi connectivity index (χ0) is 8.39. The first-order valence-corrected chi connectivity index (χ1v) is 4.40. The molecule has 0 spiro atoms. The van der Waals surface area contributed by atoms with Crippen LogP contribution in [0.3, 0.4) is 0 Å². The van der Waals surface area contributed by atoms with Gasteiger partial charge in [-0.25, -0.2) is 0 Å². The number of hydrogen-bond acceptors (Lipinski definition) is 2. The molecule has 3 N–H and O–H groups in total. The van der Waals surface area contributed by atoms with Gasteiger partial charge in [-0.05, 0) is 11.1 Å². The third kappa shape index (κ3) is 1.24. The van der Waals surface area contributed by atoms with Crippen LogP contribution in [-0.2, 0) is 6.54 Å². The van der Waals surface area contributed by atoms with Gasteiger partial charge in [0, 0.05) is 25.6 Å². The van der Waals surface area contributed by atoms with Gasteiger partial charge in [0.2, 0.25) is 0 Å². The van der Waals surface area contributed by atoms with Crippen molar-refractivity contribution in [1.29, 1.82) is 0 Å². The average molecular weight is 162 g/mol. The molecule has 2 heteroatoms. The van der Waals surface area contributed by atoms with E-state index in [0.717, 1.165) is 19.6 Å². The van der Waals surface area contributed by atoms with Crippen LogP contribution < -0.4 is 11.1 Å². The van der Waals surface area contributed by atoms with E-state index in [1.165, 1.54) is 11.1 Å². The molecule has 0 saturated carbocycles. The van der Waals surface area contributed by atoms with Gasteiger partial charge in [-0.15, -0.1) is 0 Å². The molecule has 0 radical (unpaired) electrons. The molecule has 0 saturated heterocycles. The Morgan fingerprint density at radius 3 is 3.08 bits per heavy atom. The summed E-state index contributed by atoms with van der Waals surface area (Å²) >= 11 is 0. The van der Waals surface area contributed by atoms with Gasteiger partial charge >= 0.3 is 0 Å². The first-order valence-electron chi connectivity index (χ1n) is 4.40. The van der Waals surface area contributed by atoms with Crippen LogP contribution in [0.5, 0.6) is 0 Å². The van der Waals surface area contributed by atoms with Crippen molar-refractivity contribution in [2.75, 3.05) is 13.1 Å². The molecule has 1 aromatic carbocycles. The highest BCUT2D eigenvalue weighted by atomic mass is 14.9. The predicted octanol–water partition coefficient (Wildman–Crippen LogP) is 0.832. The smallest absolute Gasteiger partial charge is 0.0208 e. The molecule has 2 nitrogen and oxygen atoms in total. The normalized spacial score (nSPS) is 21.9. The fourth-order valence-electron chi connectivity index (χ4n) is 1.79. The molecule has 0 aromatic heterocycles. The van der Waals surface area contributed by atoms with E-state index in [2.05, 4.69) is 29.6 Å². The van der Waals surface area contributed by atoms with Gasteiger partial charge in [-0.1, -0.05) is 24.3 Å². The molecule has 0 fully saturated rings. The van der Waals surface area contributed by atoms with E-state index in [9.17, 15) is 0 Å². The van der Waals surface area contributed by atoms with Crippen molar-refractivity contribution in [3.05, 3.63) is 35.4 Å². The molecule has 1 aromatic rings. The van der Waals surface area contributed by atoms with Gasteiger partial charge in [0.15, 0.2) is 0 Å². The van der Waals surface area contributed by atoms with Crippen LogP contribution >= 0.6 is 0 Å². The minimum absolute atomic E-state index is 0.509. The lowest BCUT2D eigenvalue weighted by atomic mass is 9.91. The molecular formula is C10H14N2. The maximum absolute atomic E-state index is 5.68.